The van der Waals surface area contributed by atoms with Gasteiger partial charge in [-0.25, -0.2) is 19.6 Å². The maximum Gasteiger partial charge on any atom is 0.437 e. The highest BCUT2D eigenvalue weighted by molar-refractivity contribution is 7.09. The summed E-state index contributed by atoms with van der Waals surface area (Å²) in [5.74, 6) is -0.370. The van der Waals surface area contributed by atoms with Crippen molar-refractivity contribution in [1.29, 1.82) is 0 Å². The Hall–Kier alpha value is -2.03. The van der Waals surface area contributed by atoms with E-state index < -0.39 is 11.9 Å². The Bertz CT molecular complexity index is 688. The van der Waals surface area contributed by atoms with Crippen LogP contribution in [0.3, 0.4) is 0 Å². The van der Waals surface area contributed by atoms with E-state index in [0.717, 1.165) is 17.3 Å². The highest BCUT2D eigenvalue weighted by Crippen LogP contribution is 2.32. The zero-order valence-electron chi connectivity index (χ0n) is 8.59. The zero-order chi connectivity index (χ0) is 12.8. The second kappa shape index (κ2) is 3.73. The van der Waals surface area contributed by atoms with Crippen molar-refractivity contribution in [2.75, 3.05) is 0 Å². The maximum absolute atomic E-state index is 12.9. The molecule has 0 aromatic carbocycles. The summed E-state index contributed by atoms with van der Waals surface area (Å²) in [6.45, 7) is 0. The van der Waals surface area contributed by atoms with Gasteiger partial charge in [-0.3, -0.25) is 0 Å². The second-order valence-corrected chi connectivity index (χ2v) is 4.12. The lowest BCUT2D eigenvalue weighted by molar-refractivity contribution is -0.141. The van der Waals surface area contributed by atoms with Crippen LogP contribution in [0.5, 0.6) is 0 Å². The largest absolute Gasteiger partial charge is 0.437 e. The zero-order valence-corrected chi connectivity index (χ0v) is 9.40. The van der Waals surface area contributed by atoms with Crippen molar-refractivity contribution in [3.8, 4) is 5.82 Å². The summed E-state index contributed by atoms with van der Waals surface area (Å²) >= 11 is 1.24. The normalized spacial score (nSPS) is 12.2. The van der Waals surface area contributed by atoms with E-state index in [4.69, 9.17) is 0 Å². The third-order valence-electron chi connectivity index (χ3n) is 2.20. The molecule has 0 aliphatic heterocycles. The van der Waals surface area contributed by atoms with E-state index >= 15 is 0 Å². The molecule has 0 N–H and O–H groups in total. The molecule has 0 bridgehead atoms. The number of alkyl halides is 3. The number of hydrogen-bond acceptors (Lipinski definition) is 5. The molecule has 0 saturated heterocycles. The molecule has 0 aliphatic carbocycles. The van der Waals surface area contributed by atoms with Gasteiger partial charge in [0, 0.05) is 10.8 Å². The molecule has 0 fully saturated rings. The van der Waals surface area contributed by atoms with Gasteiger partial charge in [0.2, 0.25) is 0 Å². The van der Waals surface area contributed by atoms with E-state index in [2.05, 4.69) is 20.1 Å². The number of thiophene rings is 1. The molecule has 0 saturated carbocycles. The molecule has 3 aromatic heterocycles. The third-order valence-corrected chi connectivity index (χ3v) is 2.92. The van der Waals surface area contributed by atoms with Crippen molar-refractivity contribution in [1.82, 2.24) is 24.7 Å². The van der Waals surface area contributed by atoms with Crippen molar-refractivity contribution in [3.63, 3.8) is 0 Å². The maximum atomic E-state index is 12.9. The number of rotatable bonds is 1. The molecule has 0 amide bonds. The van der Waals surface area contributed by atoms with Gasteiger partial charge >= 0.3 is 6.18 Å². The summed E-state index contributed by atoms with van der Waals surface area (Å²) in [4.78, 5) is 11.1. The summed E-state index contributed by atoms with van der Waals surface area (Å²) in [6.07, 6.45) is -2.30. The Morgan fingerprint density at radius 3 is 2.44 bits per heavy atom. The molecule has 3 aromatic rings. The lowest BCUT2D eigenvalue weighted by atomic mass is 10.3. The monoisotopic (exact) mass is 271 g/mol. The van der Waals surface area contributed by atoms with Crippen LogP contribution >= 0.6 is 11.3 Å². The first-order valence-electron chi connectivity index (χ1n) is 4.72. The minimum atomic E-state index is -4.59. The van der Waals surface area contributed by atoms with E-state index in [1.165, 1.54) is 16.7 Å². The molecule has 0 aliphatic rings. The molecule has 3 rings (SSSR count). The molecule has 3 heterocycles. The van der Waals surface area contributed by atoms with Gasteiger partial charge in [0.25, 0.3) is 0 Å². The summed E-state index contributed by atoms with van der Waals surface area (Å²) in [6, 6.07) is 0. The van der Waals surface area contributed by atoms with Gasteiger partial charge in [0.1, 0.15) is 23.7 Å². The predicted octanol–water partition coefficient (Wildman–Crippen LogP) is 2.29. The van der Waals surface area contributed by atoms with E-state index in [1.807, 2.05) is 0 Å². The first kappa shape index (κ1) is 11.1. The van der Waals surface area contributed by atoms with Gasteiger partial charge in [0.05, 0.1) is 0 Å². The van der Waals surface area contributed by atoms with Crippen LogP contribution in [0.2, 0.25) is 0 Å². The Labute approximate surface area is 102 Å². The van der Waals surface area contributed by atoms with Crippen LogP contribution in [0.1, 0.15) is 5.69 Å². The molecule has 0 radical (unpaired) electrons. The van der Waals surface area contributed by atoms with Crippen molar-refractivity contribution in [2.45, 2.75) is 6.18 Å². The average Bonchev–Trinajstić information content (AvgIpc) is 2.97. The molecule has 92 valence electrons. The highest BCUT2D eigenvalue weighted by atomic mass is 32.1. The second-order valence-electron chi connectivity index (χ2n) is 3.38. The van der Waals surface area contributed by atoms with Crippen LogP contribution in [0, 0.1) is 0 Å². The van der Waals surface area contributed by atoms with Crippen LogP contribution in [0.25, 0.3) is 16.9 Å². The first-order chi connectivity index (χ1) is 8.55. The van der Waals surface area contributed by atoms with Crippen molar-refractivity contribution < 1.29 is 13.2 Å². The molecule has 0 atom stereocenters. The number of nitrogens with zero attached hydrogens (tertiary/aromatic N) is 5. The van der Waals surface area contributed by atoms with Crippen LogP contribution < -0.4 is 0 Å². The fraction of sp³-hybridized carbons (Fsp3) is 0.111. The Kier molecular flexibility index (Phi) is 2.30. The van der Waals surface area contributed by atoms with E-state index in [1.54, 1.807) is 5.38 Å². The lowest BCUT2D eigenvalue weighted by Crippen LogP contribution is -2.15. The molecule has 0 spiro atoms. The number of halogens is 3. The summed E-state index contributed by atoms with van der Waals surface area (Å²) < 4.78 is 39.7. The smallest absolute Gasteiger partial charge is 0.237 e. The van der Waals surface area contributed by atoms with Crippen LogP contribution in [-0.4, -0.2) is 24.7 Å². The van der Waals surface area contributed by atoms with Gasteiger partial charge in [-0.2, -0.15) is 18.3 Å². The fourth-order valence-corrected chi connectivity index (χ4v) is 2.13. The van der Waals surface area contributed by atoms with Crippen molar-refractivity contribution >= 4 is 22.4 Å². The summed E-state index contributed by atoms with van der Waals surface area (Å²) in [5, 5.41) is 6.80. The van der Waals surface area contributed by atoms with Gasteiger partial charge in [-0.15, -0.1) is 11.3 Å². The Morgan fingerprint density at radius 2 is 1.83 bits per heavy atom. The minimum absolute atomic E-state index is 0.219. The molecule has 0 unspecified atom stereocenters. The van der Waals surface area contributed by atoms with Crippen molar-refractivity contribution in [3.05, 3.63) is 29.1 Å². The summed E-state index contributed by atoms with van der Waals surface area (Å²) in [5.41, 5.74) is -0.450. The van der Waals surface area contributed by atoms with Crippen LogP contribution in [0.15, 0.2) is 23.4 Å². The summed E-state index contributed by atoms with van der Waals surface area (Å²) in [7, 11) is 0. The Balaban J connectivity index is 2.33. The van der Waals surface area contributed by atoms with Crippen LogP contribution in [0.4, 0.5) is 13.2 Å². The molecule has 5 nitrogen and oxygen atoms in total. The standard InChI is InChI=1S/C9H4F3N5S/c10-9(11,12)7-8(17-4-13-3-14-17)16-6-2-18-1-5(6)15-7/h1-4H. The third kappa shape index (κ3) is 1.72. The van der Waals surface area contributed by atoms with E-state index in [-0.39, 0.29) is 11.3 Å². The highest BCUT2D eigenvalue weighted by Gasteiger charge is 2.37. The van der Waals surface area contributed by atoms with Gasteiger partial charge in [0.15, 0.2) is 11.5 Å². The average molecular weight is 271 g/mol. The molecular formula is C9H4F3N5S. The molecule has 18 heavy (non-hydrogen) atoms. The van der Waals surface area contributed by atoms with Gasteiger partial charge < -0.3 is 0 Å². The number of fused-ring (bicyclic) bond motifs is 1. The SMILES string of the molecule is FC(F)(F)c1nc2cscc2nc1-n1cncn1. The molecular weight excluding hydrogens is 267 g/mol. The first-order valence-corrected chi connectivity index (χ1v) is 5.66. The lowest BCUT2D eigenvalue weighted by Gasteiger charge is -2.10. The fourth-order valence-electron chi connectivity index (χ4n) is 1.46. The van der Waals surface area contributed by atoms with Crippen molar-refractivity contribution in [2.24, 2.45) is 0 Å². The Morgan fingerprint density at radius 1 is 1.11 bits per heavy atom. The molecule has 9 heteroatoms. The van der Waals surface area contributed by atoms with Gasteiger partial charge in [-0.1, -0.05) is 0 Å². The number of aromatic nitrogens is 5. The topological polar surface area (TPSA) is 56.5 Å². The van der Waals surface area contributed by atoms with Gasteiger partial charge in [-0.05, 0) is 0 Å². The van der Waals surface area contributed by atoms with Crippen LogP contribution in [-0.2, 0) is 6.18 Å². The number of hydrogen-bond donors (Lipinski definition) is 0. The quantitative estimate of drug-likeness (QED) is 0.681. The van der Waals surface area contributed by atoms with E-state index in [9.17, 15) is 13.2 Å². The van der Waals surface area contributed by atoms with E-state index in [0.29, 0.717) is 5.52 Å². The minimum Gasteiger partial charge on any atom is -0.237 e. The predicted molar refractivity (Wildman–Crippen MR) is 57.3 cm³/mol.